The number of hydrogen-bond donors (Lipinski definition) is 0. The fourth-order valence-corrected chi connectivity index (χ4v) is 6.75. The summed E-state index contributed by atoms with van der Waals surface area (Å²) in [6.45, 7) is 11.9. The Balaban J connectivity index is 1.67. The molecule has 0 bridgehead atoms. The molecule has 2 aliphatic heterocycles. The van der Waals surface area contributed by atoms with Crippen LogP contribution in [-0.2, 0) is 11.0 Å². The van der Waals surface area contributed by atoms with Crippen molar-refractivity contribution in [3.63, 3.8) is 0 Å². The summed E-state index contributed by atoms with van der Waals surface area (Å²) in [5.74, 6) is 0.188. The molecule has 0 aliphatic carbocycles. The summed E-state index contributed by atoms with van der Waals surface area (Å²) in [6, 6.07) is 7.83. The molecule has 246 valence electrons. The molecular formula is C32H35F3N10O2. The Kier molecular flexibility index (Phi) is 9.22. The lowest BCUT2D eigenvalue weighted by molar-refractivity contribution is -0.138. The van der Waals surface area contributed by atoms with E-state index in [0.717, 1.165) is 13.1 Å². The molecule has 0 radical (unpaired) electrons. The fourth-order valence-electron chi connectivity index (χ4n) is 6.75. The highest BCUT2D eigenvalue weighted by Crippen LogP contribution is 2.37. The van der Waals surface area contributed by atoms with Crippen molar-refractivity contribution in [2.75, 3.05) is 55.6 Å². The topological polar surface area (TPSA) is 138 Å². The van der Waals surface area contributed by atoms with E-state index in [1.807, 2.05) is 23.6 Å². The number of benzene rings is 1. The van der Waals surface area contributed by atoms with Crippen LogP contribution >= 0.6 is 0 Å². The number of amides is 1. The molecule has 15 heteroatoms. The molecule has 1 aromatic carbocycles. The van der Waals surface area contributed by atoms with Crippen LogP contribution < -0.4 is 15.4 Å². The number of carbonyl (C=O) groups is 1. The van der Waals surface area contributed by atoms with Crippen molar-refractivity contribution < 1.29 is 18.0 Å². The van der Waals surface area contributed by atoms with Crippen molar-refractivity contribution in [2.24, 2.45) is 0 Å². The maximum Gasteiger partial charge on any atom is 0.418 e. The highest BCUT2D eigenvalue weighted by molar-refractivity contribution is 5.90. The summed E-state index contributed by atoms with van der Waals surface area (Å²) in [6.07, 6.45) is -1.96. The molecule has 1 amide bonds. The zero-order valence-electron chi connectivity index (χ0n) is 26.5. The molecule has 2 fully saturated rings. The van der Waals surface area contributed by atoms with Gasteiger partial charge in [0, 0.05) is 32.7 Å². The first kappa shape index (κ1) is 33.3. The van der Waals surface area contributed by atoms with Gasteiger partial charge in [-0.3, -0.25) is 14.5 Å². The Bertz CT molecular complexity index is 1830. The number of carbonyl (C=O) groups excluding carboxylic acids is 1. The number of nitriles is 2. The Morgan fingerprint density at radius 1 is 1.15 bits per heavy atom. The maximum absolute atomic E-state index is 14.2. The van der Waals surface area contributed by atoms with Crippen LogP contribution in [0.3, 0.4) is 0 Å². The number of alkyl halides is 3. The molecular weight excluding hydrogens is 613 g/mol. The van der Waals surface area contributed by atoms with E-state index in [2.05, 4.69) is 33.7 Å². The van der Waals surface area contributed by atoms with Crippen molar-refractivity contribution in [1.82, 2.24) is 29.5 Å². The number of rotatable bonds is 9. The van der Waals surface area contributed by atoms with E-state index in [-0.39, 0.29) is 54.3 Å². The third-order valence-electron chi connectivity index (χ3n) is 9.04. The van der Waals surface area contributed by atoms with Crippen molar-refractivity contribution in [2.45, 2.75) is 51.4 Å². The summed E-state index contributed by atoms with van der Waals surface area (Å²) in [4.78, 5) is 43.5. The van der Waals surface area contributed by atoms with E-state index in [4.69, 9.17) is 4.98 Å². The Hall–Kier alpha value is -5.02. The van der Waals surface area contributed by atoms with Gasteiger partial charge >= 0.3 is 6.18 Å². The molecule has 0 saturated carbocycles. The quantitative estimate of drug-likeness (QED) is 0.317. The maximum atomic E-state index is 14.2. The number of likely N-dealkylation sites (N-methyl/N-ethyl adjacent to an activating group) is 1. The van der Waals surface area contributed by atoms with Gasteiger partial charge in [-0.2, -0.15) is 38.5 Å². The molecule has 4 heterocycles. The molecule has 2 aliphatic rings. The number of hydrogen-bond acceptors (Lipinski definition) is 10. The van der Waals surface area contributed by atoms with E-state index < -0.39 is 34.6 Å². The number of aromatic nitrogens is 4. The molecule has 2 aromatic heterocycles. The van der Waals surface area contributed by atoms with Crippen LogP contribution in [-0.4, -0.2) is 92.8 Å². The predicted octanol–water partition coefficient (Wildman–Crippen LogP) is 3.43. The molecule has 1 unspecified atom stereocenters. The van der Waals surface area contributed by atoms with Gasteiger partial charge in [0.15, 0.2) is 0 Å². The summed E-state index contributed by atoms with van der Waals surface area (Å²) < 4.78 is 43.2. The van der Waals surface area contributed by atoms with Crippen molar-refractivity contribution in [3.8, 4) is 17.8 Å². The third-order valence-corrected chi connectivity index (χ3v) is 9.04. The van der Waals surface area contributed by atoms with Crippen LogP contribution in [0.15, 0.2) is 41.8 Å². The molecule has 3 aromatic rings. The van der Waals surface area contributed by atoms with Gasteiger partial charge in [0.2, 0.25) is 11.9 Å². The number of nitrogens with zero attached hydrogens (tertiary/aromatic N) is 10. The number of halogens is 3. The summed E-state index contributed by atoms with van der Waals surface area (Å²) in [5.41, 5.74) is -2.90. The monoisotopic (exact) mass is 648 g/mol. The van der Waals surface area contributed by atoms with Crippen molar-refractivity contribution in [3.05, 3.63) is 58.5 Å². The second-order valence-corrected chi connectivity index (χ2v) is 11.7. The van der Waals surface area contributed by atoms with E-state index in [1.54, 1.807) is 4.90 Å². The fraction of sp³-hybridized carbons (Fsp3) is 0.469. The highest BCUT2D eigenvalue weighted by Gasteiger charge is 2.48. The van der Waals surface area contributed by atoms with Crippen molar-refractivity contribution >= 4 is 28.6 Å². The van der Waals surface area contributed by atoms with Gasteiger partial charge in [-0.05, 0) is 37.7 Å². The minimum atomic E-state index is -4.75. The first-order chi connectivity index (χ1) is 22.4. The zero-order chi connectivity index (χ0) is 34.1. The minimum Gasteiger partial charge on any atom is -0.352 e. The van der Waals surface area contributed by atoms with E-state index in [9.17, 15) is 33.3 Å². The van der Waals surface area contributed by atoms with E-state index >= 15 is 0 Å². The number of piperazine rings is 1. The lowest BCUT2D eigenvalue weighted by Gasteiger charge is -2.54. The molecule has 0 N–H and O–H groups in total. The van der Waals surface area contributed by atoms with Crippen LogP contribution in [0.5, 0.6) is 0 Å². The van der Waals surface area contributed by atoms with Crippen LogP contribution in [0.1, 0.15) is 37.8 Å². The zero-order valence-corrected chi connectivity index (χ0v) is 26.5. The molecule has 5 rings (SSSR count). The predicted molar refractivity (Wildman–Crippen MR) is 169 cm³/mol. The summed E-state index contributed by atoms with van der Waals surface area (Å²) in [5, 5.41) is 23.5. The first-order valence-corrected chi connectivity index (χ1v) is 15.3. The van der Waals surface area contributed by atoms with Crippen LogP contribution in [0, 0.1) is 29.6 Å². The molecule has 2 saturated heterocycles. The van der Waals surface area contributed by atoms with Gasteiger partial charge in [0.1, 0.15) is 11.3 Å². The van der Waals surface area contributed by atoms with Gasteiger partial charge in [-0.15, -0.1) is 0 Å². The lowest BCUT2D eigenvalue weighted by atomic mass is 9.85. The van der Waals surface area contributed by atoms with E-state index in [0.29, 0.717) is 30.1 Å². The Morgan fingerprint density at radius 2 is 1.87 bits per heavy atom. The molecule has 1 atom stereocenters. The Morgan fingerprint density at radius 3 is 2.49 bits per heavy atom. The first-order valence-electron chi connectivity index (χ1n) is 15.3. The Labute approximate surface area is 269 Å². The van der Waals surface area contributed by atoms with Crippen LogP contribution in [0.2, 0.25) is 0 Å². The van der Waals surface area contributed by atoms with Crippen LogP contribution in [0.25, 0.3) is 16.6 Å². The summed E-state index contributed by atoms with van der Waals surface area (Å²) >= 11 is 0. The second kappa shape index (κ2) is 13.0. The highest BCUT2D eigenvalue weighted by atomic mass is 19.4. The average Bonchev–Trinajstić information content (AvgIpc) is 3.02. The normalized spacial score (nSPS) is 17.7. The lowest BCUT2D eigenvalue weighted by Crippen LogP contribution is -2.70. The van der Waals surface area contributed by atoms with Gasteiger partial charge in [-0.1, -0.05) is 32.6 Å². The minimum absolute atomic E-state index is 0.0389. The molecule has 0 spiro atoms. The summed E-state index contributed by atoms with van der Waals surface area (Å²) in [7, 11) is 0. The third kappa shape index (κ3) is 5.99. The van der Waals surface area contributed by atoms with Crippen molar-refractivity contribution in [1.29, 1.82) is 10.5 Å². The number of fused-ring (bicyclic) bond motifs is 1. The smallest absolute Gasteiger partial charge is 0.352 e. The average molecular weight is 649 g/mol. The van der Waals surface area contributed by atoms with Gasteiger partial charge in [0.25, 0.3) is 5.56 Å². The standard InChI is InChI=1S/C32H35F3N10O2/c1-5-25(46)44-16-15-41(18-22(44)11-13-36)28-23-17-38-45(24-10-8-9-21(4)26(24)32(33,34)35)29(47)27(23)39-30(40-28)42-19-31(20-42,12-14-37)43(6-2)7-3/h5,8-10,17,22H,1,6-7,11-12,15-16,18-20H2,2-4H3. The molecule has 47 heavy (non-hydrogen) atoms. The van der Waals surface area contributed by atoms with E-state index in [1.165, 1.54) is 37.4 Å². The van der Waals surface area contributed by atoms with Gasteiger partial charge in [-0.25, -0.2) is 4.98 Å². The largest absolute Gasteiger partial charge is 0.418 e. The van der Waals surface area contributed by atoms with Crippen LogP contribution in [0.4, 0.5) is 24.9 Å². The number of aryl methyl sites for hydroxylation is 1. The van der Waals surface area contributed by atoms with Gasteiger partial charge < -0.3 is 14.7 Å². The van der Waals surface area contributed by atoms with Gasteiger partial charge in [0.05, 0.1) is 59.4 Å². The second-order valence-electron chi connectivity index (χ2n) is 11.7. The number of anilines is 2. The molecule has 12 nitrogen and oxygen atoms in total. The SMILES string of the molecule is C=CC(=O)N1CCN(c2nc(N3CC(CC#N)(N(CC)CC)C3)nc3c(=O)n(-c4cccc(C)c4C(F)(F)F)ncc23)CC1CC#N.